The molecule has 4 nitrogen and oxygen atoms in total. The molecule has 0 saturated carbocycles. The molecule has 0 bridgehead atoms. The van der Waals surface area contributed by atoms with Gasteiger partial charge in [0.1, 0.15) is 0 Å². The van der Waals surface area contributed by atoms with E-state index in [1.807, 2.05) is 5.38 Å². The summed E-state index contributed by atoms with van der Waals surface area (Å²) in [6.07, 6.45) is 1.10. The number of benzene rings is 1. The van der Waals surface area contributed by atoms with Crippen molar-refractivity contribution in [1.29, 1.82) is 0 Å². The van der Waals surface area contributed by atoms with Gasteiger partial charge in [0, 0.05) is 24.2 Å². The summed E-state index contributed by atoms with van der Waals surface area (Å²) in [5.74, 6) is 0. The van der Waals surface area contributed by atoms with Crippen molar-refractivity contribution in [3.8, 4) is 0 Å². The van der Waals surface area contributed by atoms with Crippen LogP contribution in [0, 0.1) is 0 Å². The first-order valence-electron chi connectivity index (χ1n) is 6.40. The predicted molar refractivity (Wildman–Crippen MR) is 75.5 cm³/mol. The van der Waals surface area contributed by atoms with E-state index in [4.69, 9.17) is 4.74 Å². The van der Waals surface area contributed by atoms with E-state index in [2.05, 4.69) is 34.6 Å². The lowest BCUT2D eigenvalue weighted by Gasteiger charge is -2.26. The molecule has 19 heavy (non-hydrogen) atoms. The van der Waals surface area contributed by atoms with Crippen LogP contribution < -0.4 is 10.2 Å². The van der Waals surface area contributed by atoms with E-state index < -0.39 is 0 Å². The molecule has 0 spiro atoms. The molecule has 2 aromatic rings. The van der Waals surface area contributed by atoms with Gasteiger partial charge in [-0.1, -0.05) is 35.6 Å². The van der Waals surface area contributed by atoms with Crippen molar-refractivity contribution in [2.75, 3.05) is 13.2 Å². The van der Waals surface area contributed by atoms with Crippen molar-refractivity contribution < 1.29 is 4.74 Å². The number of nitrogens with one attached hydrogen (secondary N) is 2. The van der Waals surface area contributed by atoms with Crippen molar-refractivity contribution in [3.63, 3.8) is 0 Å². The highest BCUT2D eigenvalue weighted by Gasteiger charge is 2.19. The summed E-state index contributed by atoms with van der Waals surface area (Å²) in [6.45, 7) is 2.20. The lowest BCUT2D eigenvalue weighted by molar-refractivity contribution is 0.0423. The maximum Gasteiger partial charge on any atom is 0.304 e. The number of fused-ring (bicyclic) bond motifs is 1. The normalized spacial score (nSPS) is 18.2. The van der Waals surface area contributed by atoms with E-state index in [1.165, 1.54) is 22.5 Å². The van der Waals surface area contributed by atoms with Gasteiger partial charge in [0.2, 0.25) is 0 Å². The first kappa shape index (κ1) is 12.6. The summed E-state index contributed by atoms with van der Waals surface area (Å²) in [4.78, 5) is 13.8. The lowest BCUT2D eigenvalue weighted by Crippen LogP contribution is -2.27. The number of aromatic nitrogens is 1. The fourth-order valence-corrected chi connectivity index (χ4v) is 2.97. The third-order valence-corrected chi connectivity index (χ3v) is 4.03. The lowest BCUT2D eigenvalue weighted by atomic mass is 9.97. The highest BCUT2D eigenvalue weighted by Crippen LogP contribution is 2.26. The predicted octanol–water partition coefficient (Wildman–Crippen LogP) is 1.84. The van der Waals surface area contributed by atoms with Crippen molar-refractivity contribution in [3.05, 3.63) is 56.1 Å². The summed E-state index contributed by atoms with van der Waals surface area (Å²) in [5, 5.41) is 5.19. The van der Waals surface area contributed by atoms with Crippen molar-refractivity contribution in [1.82, 2.24) is 10.3 Å². The van der Waals surface area contributed by atoms with Crippen molar-refractivity contribution in [2.24, 2.45) is 0 Å². The Morgan fingerprint density at radius 2 is 2.32 bits per heavy atom. The van der Waals surface area contributed by atoms with Crippen LogP contribution in [0.15, 0.2) is 34.4 Å². The number of aromatic amines is 1. The Morgan fingerprint density at radius 1 is 1.42 bits per heavy atom. The summed E-state index contributed by atoms with van der Waals surface area (Å²) >= 11 is 1.20. The van der Waals surface area contributed by atoms with Gasteiger partial charge in [-0.05, 0) is 17.5 Å². The zero-order chi connectivity index (χ0) is 13.1. The van der Waals surface area contributed by atoms with Crippen LogP contribution in [0.1, 0.15) is 22.9 Å². The molecule has 0 aliphatic carbocycles. The van der Waals surface area contributed by atoms with E-state index in [9.17, 15) is 4.79 Å². The second-order valence-corrected chi connectivity index (χ2v) is 5.45. The first-order chi connectivity index (χ1) is 9.33. The third-order valence-electron chi connectivity index (χ3n) is 3.31. The Balaban J connectivity index is 1.60. The second-order valence-electron chi connectivity index (χ2n) is 4.61. The molecule has 1 atom stereocenters. The van der Waals surface area contributed by atoms with E-state index in [0.29, 0.717) is 6.54 Å². The average molecular weight is 276 g/mol. The molecule has 2 heterocycles. The third kappa shape index (κ3) is 2.94. The molecule has 0 saturated heterocycles. The largest absolute Gasteiger partial charge is 0.372 e. The van der Waals surface area contributed by atoms with Crippen LogP contribution in [0.5, 0.6) is 0 Å². The Kier molecular flexibility index (Phi) is 3.77. The highest BCUT2D eigenvalue weighted by molar-refractivity contribution is 7.07. The topological polar surface area (TPSA) is 54.1 Å². The zero-order valence-electron chi connectivity index (χ0n) is 10.5. The Bertz CT molecular complexity index is 605. The van der Waals surface area contributed by atoms with Gasteiger partial charge in [-0.15, -0.1) is 0 Å². The van der Waals surface area contributed by atoms with Gasteiger partial charge in [-0.3, -0.25) is 4.79 Å². The summed E-state index contributed by atoms with van der Waals surface area (Å²) in [7, 11) is 0. The van der Waals surface area contributed by atoms with E-state index in [-0.39, 0.29) is 11.0 Å². The van der Waals surface area contributed by atoms with Crippen molar-refractivity contribution in [2.45, 2.75) is 19.1 Å². The Labute approximate surface area is 115 Å². The quantitative estimate of drug-likeness (QED) is 0.896. The van der Waals surface area contributed by atoms with Crippen molar-refractivity contribution >= 4 is 11.3 Å². The fourth-order valence-electron chi connectivity index (χ4n) is 2.38. The molecule has 1 aromatic carbocycles. The minimum atomic E-state index is -0.00365. The van der Waals surface area contributed by atoms with E-state index in [0.717, 1.165) is 25.3 Å². The molecule has 1 aromatic heterocycles. The number of ether oxygens (including phenoxy) is 1. The molecule has 100 valence electrons. The molecule has 3 rings (SSSR count). The SMILES string of the molecule is O=c1[nH]c(CNCC2OCCc3ccccc32)cs1. The molecule has 5 heteroatoms. The van der Waals surface area contributed by atoms with Gasteiger partial charge in [0.25, 0.3) is 0 Å². The van der Waals surface area contributed by atoms with Gasteiger partial charge in [0.15, 0.2) is 0 Å². The van der Waals surface area contributed by atoms with Gasteiger partial charge >= 0.3 is 4.87 Å². The molecule has 1 unspecified atom stereocenters. The molecule has 2 N–H and O–H groups in total. The number of hydrogen-bond acceptors (Lipinski definition) is 4. The fraction of sp³-hybridized carbons (Fsp3) is 0.357. The van der Waals surface area contributed by atoms with Gasteiger partial charge in [-0.2, -0.15) is 0 Å². The number of H-pyrrole nitrogens is 1. The van der Waals surface area contributed by atoms with Gasteiger partial charge in [-0.25, -0.2) is 0 Å². The van der Waals surface area contributed by atoms with Gasteiger partial charge in [0.05, 0.1) is 12.7 Å². The van der Waals surface area contributed by atoms with Gasteiger partial charge < -0.3 is 15.0 Å². The molecular formula is C14H16N2O2S. The molecule has 1 aliphatic heterocycles. The summed E-state index contributed by atoms with van der Waals surface area (Å²) in [5.41, 5.74) is 3.59. The minimum absolute atomic E-state index is 0.00365. The first-order valence-corrected chi connectivity index (χ1v) is 7.28. The summed E-state index contributed by atoms with van der Waals surface area (Å²) < 4.78 is 5.82. The van der Waals surface area contributed by atoms with Crippen LogP contribution in [0.3, 0.4) is 0 Å². The minimum Gasteiger partial charge on any atom is -0.372 e. The number of thiazole rings is 1. The smallest absolute Gasteiger partial charge is 0.304 e. The standard InChI is InChI=1S/C14H16N2O2S/c17-14-16-11(9-19-14)7-15-8-13-12-4-2-1-3-10(12)5-6-18-13/h1-4,9,13,15H,5-8H2,(H,16,17). The van der Waals surface area contributed by atoms with E-state index >= 15 is 0 Å². The Hall–Kier alpha value is -1.43. The molecule has 0 amide bonds. The average Bonchev–Trinajstić information content (AvgIpc) is 2.85. The highest BCUT2D eigenvalue weighted by atomic mass is 32.1. The number of hydrogen-bond donors (Lipinski definition) is 2. The van der Waals surface area contributed by atoms with Crippen LogP contribution in [0.25, 0.3) is 0 Å². The van der Waals surface area contributed by atoms with Crippen LogP contribution in [-0.2, 0) is 17.7 Å². The second kappa shape index (κ2) is 5.69. The Morgan fingerprint density at radius 3 is 3.16 bits per heavy atom. The van der Waals surface area contributed by atoms with Crippen LogP contribution in [0.2, 0.25) is 0 Å². The maximum atomic E-state index is 11.0. The molecule has 0 fully saturated rings. The van der Waals surface area contributed by atoms with Crippen LogP contribution in [0.4, 0.5) is 0 Å². The van der Waals surface area contributed by atoms with Crippen LogP contribution >= 0.6 is 11.3 Å². The summed E-state index contributed by atoms with van der Waals surface area (Å²) in [6, 6.07) is 8.43. The molecular weight excluding hydrogens is 260 g/mol. The molecule has 1 aliphatic rings. The molecule has 0 radical (unpaired) electrons. The zero-order valence-corrected chi connectivity index (χ0v) is 11.3. The monoisotopic (exact) mass is 276 g/mol. The van der Waals surface area contributed by atoms with E-state index in [1.54, 1.807) is 0 Å². The maximum absolute atomic E-state index is 11.0. The van der Waals surface area contributed by atoms with Crippen LogP contribution in [-0.4, -0.2) is 18.1 Å². The number of rotatable bonds is 4.